The summed E-state index contributed by atoms with van der Waals surface area (Å²) in [6.07, 6.45) is 6.75. The first-order chi connectivity index (χ1) is 22.6. The van der Waals surface area contributed by atoms with Crippen molar-refractivity contribution in [2.75, 3.05) is 20.2 Å². The molecule has 258 valence electrons. The maximum Gasteiger partial charge on any atom is 0.410 e. The van der Waals surface area contributed by atoms with Crippen molar-refractivity contribution in [3.05, 3.63) is 48.0 Å². The number of likely N-dealkylation sites (N-methyl/N-ethyl adjacent to an activating group) is 1. The van der Waals surface area contributed by atoms with Crippen molar-refractivity contribution < 1.29 is 33.8 Å². The summed E-state index contributed by atoms with van der Waals surface area (Å²) in [7, 11) is 1.57. The summed E-state index contributed by atoms with van der Waals surface area (Å²) in [5, 5.41) is 20.2. The second kappa shape index (κ2) is 17.1. The van der Waals surface area contributed by atoms with Gasteiger partial charge in [0.25, 0.3) is 0 Å². The number of aliphatic hydroxyl groups excluding tert-OH is 1. The fraction of sp³-hybridized carbons (Fsp3) is 0.618. The molecule has 1 saturated heterocycles. The number of rotatable bonds is 16. The van der Waals surface area contributed by atoms with Crippen molar-refractivity contribution in [1.82, 2.24) is 30.8 Å². The van der Waals surface area contributed by atoms with Crippen LogP contribution in [0, 0.1) is 11.8 Å². The number of ether oxygens (including phenoxy) is 2. The fourth-order valence-electron chi connectivity index (χ4n) is 6.22. The number of carbonyl (C=O) groups is 4. The zero-order chi connectivity index (χ0) is 33.9. The molecule has 13 nitrogen and oxygen atoms in total. The first-order valence-corrected chi connectivity index (χ1v) is 16.7. The standard InChI is InChI=1S/C34H50N6O7/c1-5-40-19-29(47-34(40)45)30(41)26(15-22-9-7-6-8-10-22)37-33(44)28(17-24-18-35-20-36-24)39-32(43)27(38-31(42)21(2)3)16-23-11-13-25(46-4)14-12-23/h11-14,18,20-22,26-30,41H,5-10,15-17,19H2,1-4H3,(H,35,36)(H,37,44)(H,38,42)(H,39,43)/t26-,27-,28-,29-,30+/m0/s1. The van der Waals surface area contributed by atoms with Gasteiger partial charge in [0.05, 0.1) is 26.0 Å². The van der Waals surface area contributed by atoms with Crippen molar-refractivity contribution in [1.29, 1.82) is 0 Å². The minimum atomic E-state index is -1.14. The van der Waals surface area contributed by atoms with Crippen molar-refractivity contribution >= 4 is 23.8 Å². The molecule has 4 amide bonds. The van der Waals surface area contributed by atoms with Gasteiger partial charge in [-0.05, 0) is 37.0 Å². The number of amides is 4. The number of benzene rings is 1. The molecule has 0 bridgehead atoms. The van der Waals surface area contributed by atoms with Crippen molar-refractivity contribution in [3.8, 4) is 5.75 Å². The second-order valence-corrected chi connectivity index (χ2v) is 12.9. The lowest BCUT2D eigenvalue weighted by Gasteiger charge is -2.33. The lowest BCUT2D eigenvalue weighted by atomic mass is 9.83. The minimum Gasteiger partial charge on any atom is -0.497 e. The molecule has 5 atom stereocenters. The quantitative estimate of drug-likeness (QED) is 0.184. The first kappa shape index (κ1) is 35.7. The van der Waals surface area contributed by atoms with Crippen LogP contribution in [-0.2, 0) is 32.0 Å². The summed E-state index contributed by atoms with van der Waals surface area (Å²) < 4.78 is 10.7. The largest absolute Gasteiger partial charge is 0.497 e. The zero-order valence-corrected chi connectivity index (χ0v) is 27.9. The third kappa shape index (κ3) is 10.2. The molecule has 0 unspecified atom stereocenters. The molecule has 1 aromatic carbocycles. The molecule has 1 aliphatic carbocycles. The molecular formula is C34H50N6O7. The third-order valence-corrected chi connectivity index (χ3v) is 9.09. The molecule has 1 saturated carbocycles. The number of cyclic esters (lactones) is 1. The van der Waals surface area contributed by atoms with Crippen LogP contribution in [0.15, 0.2) is 36.8 Å². The number of H-pyrrole nitrogens is 1. The summed E-state index contributed by atoms with van der Waals surface area (Å²) in [4.78, 5) is 61.5. The Morgan fingerprint density at radius 2 is 1.68 bits per heavy atom. The maximum atomic E-state index is 14.1. The van der Waals surface area contributed by atoms with Crippen LogP contribution in [0.4, 0.5) is 4.79 Å². The molecule has 5 N–H and O–H groups in total. The Kier molecular flexibility index (Phi) is 13.0. The van der Waals surface area contributed by atoms with Gasteiger partial charge in [-0.1, -0.05) is 58.1 Å². The molecule has 1 aliphatic heterocycles. The predicted octanol–water partition coefficient (Wildman–Crippen LogP) is 2.49. The number of aromatic nitrogens is 2. The van der Waals surface area contributed by atoms with Gasteiger partial charge >= 0.3 is 6.09 Å². The van der Waals surface area contributed by atoms with Crippen LogP contribution in [0.5, 0.6) is 5.75 Å². The van der Waals surface area contributed by atoms with Gasteiger partial charge in [-0.25, -0.2) is 9.78 Å². The summed E-state index contributed by atoms with van der Waals surface area (Å²) in [6.45, 7) is 6.00. The highest BCUT2D eigenvalue weighted by molar-refractivity contribution is 5.92. The van der Waals surface area contributed by atoms with E-state index in [1.54, 1.807) is 39.3 Å². The Morgan fingerprint density at radius 3 is 2.28 bits per heavy atom. The Bertz CT molecular complexity index is 1310. The number of nitrogens with zero attached hydrogens (tertiary/aromatic N) is 2. The van der Waals surface area contributed by atoms with Crippen LogP contribution in [0.3, 0.4) is 0 Å². The number of hydrogen-bond donors (Lipinski definition) is 5. The Labute approximate surface area is 276 Å². The summed E-state index contributed by atoms with van der Waals surface area (Å²) in [5.74, 6) is -0.720. The highest BCUT2D eigenvalue weighted by atomic mass is 16.6. The van der Waals surface area contributed by atoms with E-state index in [9.17, 15) is 24.3 Å². The number of aliphatic hydroxyl groups is 1. The average Bonchev–Trinajstić information content (AvgIpc) is 3.73. The summed E-state index contributed by atoms with van der Waals surface area (Å²) >= 11 is 0. The van der Waals surface area contributed by atoms with Crippen LogP contribution in [-0.4, -0.2) is 94.3 Å². The summed E-state index contributed by atoms with van der Waals surface area (Å²) in [5.41, 5.74) is 1.42. The molecule has 4 rings (SSSR count). The average molecular weight is 655 g/mol. The van der Waals surface area contributed by atoms with Crippen molar-refractivity contribution in [2.24, 2.45) is 11.8 Å². The SMILES string of the molecule is CCN1C[C@@H]([C@H](O)[C@H](CC2CCCCC2)NC(=O)[C@H](Cc2cnc[nH]2)NC(=O)[C@H](Cc2ccc(OC)cc2)NC(=O)C(C)C)OC1=O. The zero-order valence-electron chi connectivity index (χ0n) is 27.9. The minimum absolute atomic E-state index is 0.0965. The molecule has 2 heterocycles. The Balaban J connectivity index is 1.55. The highest BCUT2D eigenvalue weighted by Crippen LogP contribution is 2.29. The van der Waals surface area contributed by atoms with Gasteiger partial charge < -0.3 is 40.4 Å². The Morgan fingerprint density at radius 1 is 1.02 bits per heavy atom. The van der Waals surface area contributed by atoms with E-state index in [1.165, 1.54) is 11.2 Å². The topological polar surface area (TPSA) is 175 Å². The second-order valence-electron chi connectivity index (χ2n) is 12.9. The van der Waals surface area contributed by atoms with Crippen LogP contribution in [0.25, 0.3) is 0 Å². The van der Waals surface area contributed by atoms with E-state index in [4.69, 9.17) is 9.47 Å². The number of hydrogen-bond acceptors (Lipinski definition) is 8. The molecule has 1 aromatic heterocycles. The number of imidazole rings is 1. The van der Waals surface area contributed by atoms with E-state index < -0.39 is 48.2 Å². The third-order valence-electron chi connectivity index (χ3n) is 9.09. The predicted molar refractivity (Wildman–Crippen MR) is 174 cm³/mol. The normalized spacial score (nSPS) is 19.4. The number of nitrogens with one attached hydrogen (secondary N) is 4. The first-order valence-electron chi connectivity index (χ1n) is 16.7. The fourth-order valence-corrected chi connectivity index (χ4v) is 6.22. The van der Waals surface area contributed by atoms with E-state index in [2.05, 4.69) is 25.9 Å². The van der Waals surface area contributed by atoms with Crippen LogP contribution >= 0.6 is 0 Å². The van der Waals surface area contributed by atoms with Gasteiger partial charge in [-0.15, -0.1) is 0 Å². The van der Waals surface area contributed by atoms with E-state index in [0.29, 0.717) is 30.3 Å². The van der Waals surface area contributed by atoms with Crippen LogP contribution in [0.1, 0.15) is 70.6 Å². The van der Waals surface area contributed by atoms with E-state index in [0.717, 1.165) is 37.7 Å². The highest BCUT2D eigenvalue weighted by Gasteiger charge is 2.41. The molecule has 13 heteroatoms. The molecule has 2 aromatic rings. The van der Waals surface area contributed by atoms with Gasteiger partial charge in [0.15, 0.2) is 0 Å². The molecule has 2 fully saturated rings. The van der Waals surface area contributed by atoms with Gasteiger partial charge in [0.1, 0.15) is 30.0 Å². The van der Waals surface area contributed by atoms with E-state index in [1.807, 2.05) is 19.1 Å². The molecule has 2 aliphatic rings. The van der Waals surface area contributed by atoms with Gasteiger partial charge in [0, 0.05) is 37.2 Å². The van der Waals surface area contributed by atoms with Crippen molar-refractivity contribution in [2.45, 2.75) is 102 Å². The lowest BCUT2D eigenvalue weighted by Crippen LogP contribution is -2.58. The smallest absolute Gasteiger partial charge is 0.410 e. The van der Waals surface area contributed by atoms with Gasteiger partial charge in [-0.2, -0.15) is 0 Å². The van der Waals surface area contributed by atoms with E-state index in [-0.39, 0.29) is 31.2 Å². The molecule has 47 heavy (non-hydrogen) atoms. The monoisotopic (exact) mass is 654 g/mol. The van der Waals surface area contributed by atoms with E-state index >= 15 is 0 Å². The van der Waals surface area contributed by atoms with Crippen LogP contribution < -0.4 is 20.7 Å². The molecule has 0 spiro atoms. The van der Waals surface area contributed by atoms with Crippen LogP contribution in [0.2, 0.25) is 0 Å². The Hall–Kier alpha value is -4.13. The van der Waals surface area contributed by atoms with Gasteiger partial charge in [0.2, 0.25) is 17.7 Å². The van der Waals surface area contributed by atoms with Gasteiger partial charge in [-0.3, -0.25) is 14.4 Å². The molecule has 0 radical (unpaired) electrons. The van der Waals surface area contributed by atoms with Crippen molar-refractivity contribution in [3.63, 3.8) is 0 Å². The number of methoxy groups -OCH3 is 1. The molecular weight excluding hydrogens is 604 g/mol. The summed E-state index contributed by atoms with van der Waals surface area (Å²) in [6, 6.07) is 4.47. The number of aromatic amines is 1. The number of carbonyl (C=O) groups excluding carboxylic acids is 4. The maximum absolute atomic E-state index is 14.1. The lowest BCUT2D eigenvalue weighted by molar-refractivity contribution is -0.133.